The van der Waals surface area contributed by atoms with Crippen LogP contribution in [0.5, 0.6) is 0 Å². The average molecular weight is 562 g/mol. The molecule has 0 bridgehead atoms. The highest BCUT2D eigenvalue weighted by atomic mass is 32.1. The molecule has 0 aliphatic heterocycles. The minimum Gasteiger partial charge on any atom is -0.247 e. The largest absolute Gasteiger partial charge is 0.247 e. The number of para-hydroxylation sites is 1. The molecule has 0 saturated carbocycles. The van der Waals surface area contributed by atoms with Crippen molar-refractivity contribution in [2.24, 2.45) is 0 Å². The number of benzene rings is 8. The predicted octanol–water partition coefficient (Wildman–Crippen LogP) is 12.0. The summed E-state index contributed by atoms with van der Waals surface area (Å²) in [7, 11) is 0. The molecule has 2 heterocycles. The van der Waals surface area contributed by atoms with E-state index in [1.165, 1.54) is 79.8 Å². The Morgan fingerprint density at radius 1 is 0.419 bits per heavy atom. The molecule has 0 saturated heterocycles. The van der Waals surface area contributed by atoms with Crippen molar-refractivity contribution in [3.63, 3.8) is 0 Å². The van der Waals surface area contributed by atoms with Gasteiger partial charge in [-0.15, -0.1) is 11.3 Å². The normalized spacial score (nSPS) is 12.2. The Balaban J connectivity index is 1.45. The monoisotopic (exact) mass is 561 g/mol. The van der Waals surface area contributed by atoms with Crippen LogP contribution >= 0.6 is 11.3 Å². The van der Waals surface area contributed by atoms with Crippen LogP contribution in [0, 0.1) is 0 Å². The van der Waals surface area contributed by atoms with Crippen molar-refractivity contribution < 1.29 is 0 Å². The standard InChI is InChI=1S/C41H23NS/c1-2-9-27(10-3-1)40-33-23-32(28-21-19-26-18-17-24-11-8-12-25-20-22-29(28)37(26)36(24)25)41-39(31-14-5-7-16-35(31)43-41)38(33)30-13-4-6-15-34(30)42-40/h1-23H. The molecule has 198 valence electrons. The molecule has 0 aliphatic rings. The highest BCUT2D eigenvalue weighted by Gasteiger charge is 2.21. The van der Waals surface area contributed by atoms with Crippen LogP contribution in [0.3, 0.4) is 0 Å². The van der Waals surface area contributed by atoms with Crippen LogP contribution in [0.25, 0.3) is 96.5 Å². The summed E-state index contributed by atoms with van der Waals surface area (Å²) >= 11 is 1.91. The zero-order valence-corrected chi connectivity index (χ0v) is 24.0. The average Bonchev–Trinajstić information content (AvgIpc) is 3.46. The molecule has 0 unspecified atom stereocenters. The quantitative estimate of drug-likeness (QED) is 0.191. The van der Waals surface area contributed by atoms with E-state index in [1.807, 2.05) is 11.3 Å². The Morgan fingerprint density at radius 3 is 1.98 bits per heavy atom. The molecule has 10 aromatic rings. The van der Waals surface area contributed by atoms with Crippen molar-refractivity contribution in [1.82, 2.24) is 4.98 Å². The van der Waals surface area contributed by atoms with E-state index in [-0.39, 0.29) is 0 Å². The minimum atomic E-state index is 1.03. The van der Waals surface area contributed by atoms with Crippen LogP contribution in [0.1, 0.15) is 0 Å². The van der Waals surface area contributed by atoms with Crippen molar-refractivity contribution in [1.29, 1.82) is 0 Å². The summed E-state index contributed by atoms with van der Waals surface area (Å²) in [6.45, 7) is 0. The second kappa shape index (κ2) is 8.61. The fourth-order valence-electron chi connectivity index (χ4n) is 7.32. The summed E-state index contributed by atoms with van der Waals surface area (Å²) in [5.41, 5.74) is 5.75. The van der Waals surface area contributed by atoms with E-state index < -0.39 is 0 Å². The third-order valence-corrected chi connectivity index (χ3v) is 10.4. The maximum absolute atomic E-state index is 5.31. The number of hydrogen-bond donors (Lipinski definition) is 0. The van der Waals surface area contributed by atoms with E-state index >= 15 is 0 Å². The lowest BCUT2D eigenvalue weighted by atomic mass is 9.87. The zero-order valence-electron chi connectivity index (χ0n) is 23.1. The molecule has 0 spiro atoms. The van der Waals surface area contributed by atoms with Crippen molar-refractivity contribution >= 4 is 85.5 Å². The van der Waals surface area contributed by atoms with E-state index in [0.29, 0.717) is 0 Å². The van der Waals surface area contributed by atoms with E-state index in [4.69, 9.17) is 4.98 Å². The Hall–Kier alpha value is -5.31. The van der Waals surface area contributed by atoms with Crippen molar-refractivity contribution in [3.8, 4) is 22.4 Å². The fraction of sp³-hybridized carbons (Fsp3) is 0. The molecule has 10 rings (SSSR count). The lowest BCUT2D eigenvalue weighted by molar-refractivity contribution is 1.43. The number of thiophene rings is 1. The zero-order chi connectivity index (χ0) is 28.1. The second-order valence-electron chi connectivity index (χ2n) is 11.5. The van der Waals surface area contributed by atoms with Gasteiger partial charge in [0.1, 0.15) is 0 Å². The van der Waals surface area contributed by atoms with Crippen molar-refractivity contribution in [3.05, 3.63) is 140 Å². The number of fused-ring (bicyclic) bond motifs is 7. The molecular weight excluding hydrogens is 539 g/mol. The van der Waals surface area contributed by atoms with Crippen LogP contribution in [0.15, 0.2) is 140 Å². The number of aromatic nitrogens is 1. The summed E-state index contributed by atoms with van der Waals surface area (Å²) < 4.78 is 2.64. The van der Waals surface area contributed by atoms with Crippen molar-refractivity contribution in [2.45, 2.75) is 0 Å². The second-order valence-corrected chi connectivity index (χ2v) is 12.5. The Kier molecular flexibility index (Phi) is 4.66. The molecule has 0 radical (unpaired) electrons. The lowest BCUT2D eigenvalue weighted by Crippen LogP contribution is -1.92. The highest BCUT2D eigenvalue weighted by Crippen LogP contribution is 2.49. The molecule has 0 fully saturated rings. The van der Waals surface area contributed by atoms with Gasteiger partial charge in [-0.2, -0.15) is 0 Å². The first-order valence-electron chi connectivity index (χ1n) is 14.7. The molecule has 2 heteroatoms. The third-order valence-electron chi connectivity index (χ3n) is 9.17. The third kappa shape index (κ3) is 3.19. The van der Waals surface area contributed by atoms with E-state index in [9.17, 15) is 0 Å². The summed E-state index contributed by atoms with van der Waals surface area (Å²) in [5, 5.41) is 14.2. The molecule has 0 amide bonds. The molecular formula is C41H23NS. The maximum Gasteiger partial charge on any atom is 0.0788 e. The van der Waals surface area contributed by atoms with E-state index in [0.717, 1.165) is 16.8 Å². The Labute approximate surface area is 251 Å². The number of hydrogen-bond acceptors (Lipinski definition) is 2. The van der Waals surface area contributed by atoms with Gasteiger partial charge in [-0.05, 0) is 56.1 Å². The van der Waals surface area contributed by atoms with Crippen LogP contribution in [0.4, 0.5) is 0 Å². The number of nitrogens with zero attached hydrogens (tertiary/aromatic N) is 1. The van der Waals surface area contributed by atoms with Gasteiger partial charge in [0.15, 0.2) is 0 Å². The lowest BCUT2D eigenvalue weighted by Gasteiger charge is -2.17. The first-order chi connectivity index (χ1) is 21.3. The molecule has 0 atom stereocenters. The summed E-state index contributed by atoms with van der Waals surface area (Å²) in [6, 6.07) is 51.0. The molecule has 43 heavy (non-hydrogen) atoms. The molecule has 2 aromatic heterocycles. The highest BCUT2D eigenvalue weighted by molar-refractivity contribution is 7.26. The van der Waals surface area contributed by atoms with Crippen LogP contribution in [-0.4, -0.2) is 4.98 Å². The molecule has 0 aliphatic carbocycles. The van der Waals surface area contributed by atoms with Gasteiger partial charge in [0.2, 0.25) is 0 Å². The number of rotatable bonds is 2. The fourth-order valence-corrected chi connectivity index (χ4v) is 8.56. The topological polar surface area (TPSA) is 12.9 Å². The van der Waals surface area contributed by atoms with Gasteiger partial charge in [0, 0.05) is 47.5 Å². The van der Waals surface area contributed by atoms with Gasteiger partial charge in [-0.25, -0.2) is 4.98 Å². The van der Waals surface area contributed by atoms with Gasteiger partial charge < -0.3 is 0 Å². The van der Waals surface area contributed by atoms with Crippen LogP contribution < -0.4 is 0 Å². The first kappa shape index (κ1) is 23.3. The first-order valence-corrected chi connectivity index (χ1v) is 15.5. The predicted molar refractivity (Wildman–Crippen MR) is 187 cm³/mol. The Morgan fingerprint density at radius 2 is 1.12 bits per heavy atom. The summed E-state index contributed by atoms with van der Waals surface area (Å²) in [6.07, 6.45) is 0. The SMILES string of the molecule is c1ccc(-c2nc3ccccc3c3c2cc(-c2ccc4ccc5cccc6ccc2c4c56)c2sc4ccccc4c23)cc1. The molecule has 8 aromatic carbocycles. The Bertz CT molecular complexity index is 2700. The van der Waals surface area contributed by atoms with E-state index in [1.54, 1.807) is 0 Å². The maximum atomic E-state index is 5.31. The van der Waals surface area contributed by atoms with Crippen LogP contribution in [0.2, 0.25) is 0 Å². The summed E-state index contributed by atoms with van der Waals surface area (Å²) in [4.78, 5) is 5.31. The molecule has 0 N–H and O–H groups in total. The minimum absolute atomic E-state index is 1.03. The van der Waals surface area contributed by atoms with Gasteiger partial charge in [-0.1, -0.05) is 121 Å². The van der Waals surface area contributed by atoms with E-state index in [2.05, 4.69) is 140 Å². The smallest absolute Gasteiger partial charge is 0.0788 e. The van der Waals surface area contributed by atoms with Crippen LogP contribution in [-0.2, 0) is 0 Å². The van der Waals surface area contributed by atoms with Gasteiger partial charge in [-0.3, -0.25) is 0 Å². The number of pyridine rings is 1. The van der Waals surface area contributed by atoms with Gasteiger partial charge in [0.05, 0.1) is 11.2 Å². The molecule has 1 nitrogen and oxygen atoms in total. The van der Waals surface area contributed by atoms with Gasteiger partial charge in [0.25, 0.3) is 0 Å². The van der Waals surface area contributed by atoms with Gasteiger partial charge >= 0.3 is 0 Å². The van der Waals surface area contributed by atoms with Crippen molar-refractivity contribution in [2.75, 3.05) is 0 Å². The summed E-state index contributed by atoms with van der Waals surface area (Å²) in [5.74, 6) is 0.